The van der Waals surface area contributed by atoms with Crippen LogP contribution >= 0.6 is 0 Å². The number of benzene rings is 2. The first kappa shape index (κ1) is 17.8. The molecule has 9 nitrogen and oxygen atoms in total. The third-order valence-corrected chi connectivity index (χ3v) is 4.92. The Hall–Kier alpha value is -3.62. The van der Waals surface area contributed by atoms with E-state index in [0.29, 0.717) is 43.0 Å². The van der Waals surface area contributed by atoms with Gasteiger partial charge in [0, 0.05) is 32.2 Å². The molecule has 0 radical (unpaired) electrons. The fourth-order valence-corrected chi connectivity index (χ4v) is 3.48. The number of rotatable bonds is 4. The van der Waals surface area contributed by atoms with Gasteiger partial charge in [0.25, 0.3) is 5.69 Å². The largest absolute Gasteiger partial charge is 0.420 e. The van der Waals surface area contributed by atoms with Gasteiger partial charge >= 0.3 is 5.76 Å². The average molecular weight is 382 g/mol. The summed E-state index contributed by atoms with van der Waals surface area (Å²) in [6.07, 6.45) is 0. The van der Waals surface area contributed by atoms with Crippen molar-refractivity contribution in [1.82, 2.24) is 9.47 Å². The average Bonchev–Trinajstić information content (AvgIpc) is 3.03. The van der Waals surface area contributed by atoms with Gasteiger partial charge in [-0.1, -0.05) is 24.3 Å². The first-order valence-electron chi connectivity index (χ1n) is 8.89. The number of aromatic nitrogens is 1. The Morgan fingerprint density at radius 3 is 2.46 bits per heavy atom. The second-order valence-corrected chi connectivity index (χ2v) is 6.54. The van der Waals surface area contributed by atoms with Crippen molar-refractivity contribution in [2.75, 3.05) is 31.1 Å². The number of carbonyl (C=O) groups excluding carboxylic acids is 1. The smallest absolute Gasteiger partial charge is 0.408 e. The monoisotopic (exact) mass is 382 g/mol. The minimum absolute atomic E-state index is 0.0543. The third kappa shape index (κ3) is 3.22. The number of nitrogens with zero attached hydrogens (tertiary/aromatic N) is 4. The molecule has 0 spiro atoms. The number of piperazine rings is 1. The highest BCUT2D eigenvalue weighted by atomic mass is 16.6. The Morgan fingerprint density at radius 1 is 1.04 bits per heavy atom. The molecule has 4 rings (SSSR count). The van der Waals surface area contributed by atoms with Crippen molar-refractivity contribution in [3.8, 4) is 0 Å². The van der Waals surface area contributed by atoms with Crippen LogP contribution in [0.4, 0.5) is 11.4 Å². The molecule has 0 atom stereocenters. The number of anilines is 1. The van der Waals surface area contributed by atoms with Crippen LogP contribution in [0, 0.1) is 10.1 Å². The van der Waals surface area contributed by atoms with Crippen LogP contribution in [0.1, 0.15) is 0 Å². The van der Waals surface area contributed by atoms with Crippen molar-refractivity contribution in [2.45, 2.75) is 6.54 Å². The minimum Gasteiger partial charge on any atom is -0.408 e. The quantitative estimate of drug-likeness (QED) is 0.504. The third-order valence-electron chi connectivity index (χ3n) is 4.92. The van der Waals surface area contributed by atoms with Gasteiger partial charge in [0.2, 0.25) is 5.91 Å². The predicted molar refractivity (Wildman–Crippen MR) is 102 cm³/mol. The van der Waals surface area contributed by atoms with E-state index in [1.165, 1.54) is 10.6 Å². The van der Waals surface area contributed by atoms with E-state index in [0.717, 1.165) is 0 Å². The van der Waals surface area contributed by atoms with E-state index >= 15 is 0 Å². The van der Waals surface area contributed by atoms with Crippen molar-refractivity contribution in [1.29, 1.82) is 0 Å². The molecule has 9 heteroatoms. The first-order chi connectivity index (χ1) is 13.5. The fourth-order valence-electron chi connectivity index (χ4n) is 3.48. The lowest BCUT2D eigenvalue weighted by Crippen LogP contribution is -2.50. The zero-order valence-electron chi connectivity index (χ0n) is 15.0. The summed E-state index contributed by atoms with van der Waals surface area (Å²) in [6, 6.07) is 13.5. The van der Waals surface area contributed by atoms with Gasteiger partial charge in [0.1, 0.15) is 12.2 Å². The summed E-state index contributed by atoms with van der Waals surface area (Å²) in [5.41, 5.74) is 1.64. The maximum atomic E-state index is 12.7. The number of fused-ring (bicyclic) bond motifs is 1. The van der Waals surface area contributed by atoms with Gasteiger partial charge in [-0.2, -0.15) is 0 Å². The summed E-state index contributed by atoms with van der Waals surface area (Å²) >= 11 is 0. The van der Waals surface area contributed by atoms with Crippen LogP contribution in [-0.4, -0.2) is 46.5 Å². The lowest BCUT2D eigenvalue weighted by Gasteiger charge is -2.35. The summed E-state index contributed by atoms with van der Waals surface area (Å²) < 4.78 is 6.49. The molecule has 0 aliphatic carbocycles. The maximum absolute atomic E-state index is 12.7. The molecule has 1 aliphatic heterocycles. The minimum atomic E-state index is -0.562. The van der Waals surface area contributed by atoms with E-state index in [1.807, 2.05) is 4.90 Å². The highest BCUT2D eigenvalue weighted by molar-refractivity contribution is 5.80. The summed E-state index contributed by atoms with van der Waals surface area (Å²) in [5.74, 6) is -0.746. The molecule has 1 aromatic heterocycles. The van der Waals surface area contributed by atoms with Crippen molar-refractivity contribution in [2.24, 2.45) is 0 Å². The van der Waals surface area contributed by atoms with E-state index in [-0.39, 0.29) is 18.1 Å². The van der Waals surface area contributed by atoms with Gasteiger partial charge in [0.15, 0.2) is 5.58 Å². The first-order valence-corrected chi connectivity index (χ1v) is 8.89. The number of oxazole rings is 1. The van der Waals surface area contributed by atoms with E-state index in [9.17, 15) is 19.7 Å². The number of hydrogen-bond acceptors (Lipinski definition) is 6. The number of nitro groups is 1. The second-order valence-electron chi connectivity index (χ2n) is 6.54. The van der Waals surface area contributed by atoms with Crippen LogP contribution in [0.3, 0.4) is 0 Å². The Bertz CT molecular complexity index is 1090. The zero-order valence-corrected chi connectivity index (χ0v) is 15.0. The molecule has 0 bridgehead atoms. The molecule has 28 heavy (non-hydrogen) atoms. The molecule has 0 saturated carbocycles. The van der Waals surface area contributed by atoms with Crippen LogP contribution in [0.15, 0.2) is 57.7 Å². The highest BCUT2D eigenvalue weighted by Gasteiger charge is 2.26. The zero-order chi connectivity index (χ0) is 19.7. The van der Waals surface area contributed by atoms with Gasteiger partial charge in [0.05, 0.1) is 10.4 Å². The van der Waals surface area contributed by atoms with Gasteiger partial charge in [-0.05, 0) is 18.2 Å². The lowest BCUT2D eigenvalue weighted by molar-refractivity contribution is -0.384. The molecule has 2 aromatic carbocycles. The van der Waals surface area contributed by atoms with Crippen molar-refractivity contribution in [3.05, 3.63) is 69.2 Å². The number of hydrogen-bond donors (Lipinski definition) is 0. The van der Waals surface area contributed by atoms with E-state index in [4.69, 9.17) is 4.42 Å². The fraction of sp³-hybridized carbons (Fsp3) is 0.263. The molecule has 1 fully saturated rings. The molecule has 144 valence electrons. The summed E-state index contributed by atoms with van der Waals surface area (Å²) in [4.78, 5) is 39.1. The van der Waals surface area contributed by atoms with Crippen LogP contribution in [0.25, 0.3) is 11.1 Å². The molecule has 2 heterocycles. The Kier molecular flexibility index (Phi) is 4.56. The van der Waals surface area contributed by atoms with E-state index in [1.54, 1.807) is 47.4 Å². The van der Waals surface area contributed by atoms with Crippen LogP contribution < -0.4 is 10.7 Å². The van der Waals surface area contributed by atoms with Gasteiger partial charge in [-0.25, -0.2) is 4.79 Å². The topological polar surface area (TPSA) is 102 Å². The normalized spacial score (nSPS) is 14.4. The molecule has 0 unspecified atom stereocenters. The van der Waals surface area contributed by atoms with Gasteiger partial charge in [-0.3, -0.25) is 19.5 Å². The van der Waals surface area contributed by atoms with Gasteiger partial charge in [-0.15, -0.1) is 0 Å². The van der Waals surface area contributed by atoms with E-state index < -0.39 is 10.7 Å². The maximum Gasteiger partial charge on any atom is 0.420 e. The van der Waals surface area contributed by atoms with Crippen molar-refractivity contribution < 1.29 is 14.1 Å². The Balaban J connectivity index is 1.45. The molecule has 1 saturated heterocycles. The van der Waals surface area contributed by atoms with Crippen molar-refractivity contribution >= 4 is 28.4 Å². The van der Waals surface area contributed by atoms with Crippen LogP contribution in [0.5, 0.6) is 0 Å². The van der Waals surface area contributed by atoms with Gasteiger partial charge < -0.3 is 14.2 Å². The highest BCUT2D eigenvalue weighted by Crippen LogP contribution is 2.28. The number of carbonyl (C=O) groups is 1. The number of nitro benzene ring substituents is 1. The molecular weight excluding hydrogens is 364 g/mol. The standard InChI is InChI=1S/C19H18N4O5/c24-18(13-22-16-7-3-4-8-17(16)28-19(22)25)21-11-9-20(10-12-21)14-5-1-2-6-15(14)23(26)27/h1-8H,9-13H2. The molecule has 0 N–H and O–H groups in total. The molecule has 1 aliphatic rings. The second kappa shape index (κ2) is 7.18. The molecule has 3 aromatic rings. The lowest BCUT2D eigenvalue weighted by atomic mass is 10.2. The van der Waals surface area contributed by atoms with Crippen LogP contribution in [0.2, 0.25) is 0 Å². The molecule has 1 amide bonds. The number of amides is 1. The summed E-state index contributed by atoms with van der Waals surface area (Å²) in [7, 11) is 0. The predicted octanol–water partition coefficient (Wildman–Crippen LogP) is 1.85. The Morgan fingerprint density at radius 2 is 1.71 bits per heavy atom. The molecular formula is C19H18N4O5. The SMILES string of the molecule is O=C(Cn1c(=O)oc2ccccc21)N1CCN(c2ccccc2[N+](=O)[O-])CC1. The van der Waals surface area contributed by atoms with E-state index in [2.05, 4.69) is 0 Å². The van der Waals surface area contributed by atoms with Crippen LogP contribution in [-0.2, 0) is 11.3 Å². The number of para-hydroxylation sites is 4. The summed E-state index contributed by atoms with van der Waals surface area (Å²) in [5, 5.41) is 11.2. The summed E-state index contributed by atoms with van der Waals surface area (Å²) in [6.45, 7) is 1.72. The Labute approximate surface area is 159 Å². The van der Waals surface area contributed by atoms with Crippen molar-refractivity contribution in [3.63, 3.8) is 0 Å².